The second kappa shape index (κ2) is 3.44. The van der Waals surface area contributed by atoms with Crippen molar-refractivity contribution < 1.29 is 14.8 Å². The van der Waals surface area contributed by atoms with Crippen LogP contribution in [0, 0.1) is 10.1 Å². The maximum atomic E-state index is 10.5. The number of carbonyl (C=O) groups is 1. The molecule has 0 amide bonds. The molecule has 1 atom stereocenters. The van der Waals surface area contributed by atoms with E-state index in [9.17, 15) is 14.9 Å². The van der Waals surface area contributed by atoms with Crippen LogP contribution in [0.5, 0.6) is 0 Å². The lowest BCUT2D eigenvalue weighted by Gasteiger charge is -2.11. The molecule has 1 rings (SSSR count). The highest BCUT2D eigenvalue weighted by molar-refractivity contribution is 7.80. The zero-order valence-corrected chi connectivity index (χ0v) is 7.15. The monoisotopic (exact) mass is 199 g/mol. The molecule has 0 aliphatic heterocycles. The second-order valence-electron chi connectivity index (χ2n) is 2.38. The van der Waals surface area contributed by atoms with Crippen LogP contribution in [-0.2, 0) is 4.79 Å². The molecule has 0 bridgehead atoms. The number of hydrogen-bond acceptors (Lipinski definition) is 4. The van der Waals surface area contributed by atoms with Gasteiger partial charge in [0, 0.05) is 4.92 Å². The highest BCUT2D eigenvalue weighted by Gasteiger charge is 2.34. The first-order valence-corrected chi connectivity index (χ1v) is 3.73. The lowest BCUT2D eigenvalue weighted by molar-refractivity contribution is -0.491. The number of aliphatic carboxylic acids is 1. The number of hydrogen-bond donors (Lipinski definition) is 1. The highest BCUT2D eigenvalue weighted by atomic mass is 32.1. The largest absolute Gasteiger partial charge is 0.478 e. The van der Waals surface area contributed by atoms with Gasteiger partial charge in [0.05, 0.1) is 4.86 Å². The maximum Gasteiger partial charge on any atom is 0.338 e. The third-order valence-electron chi connectivity index (χ3n) is 1.56. The fourth-order valence-corrected chi connectivity index (χ4v) is 1.28. The van der Waals surface area contributed by atoms with Gasteiger partial charge in [0.25, 0.3) is 6.04 Å². The summed E-state index contributed by atoms with van der Waals surface area (Å²) in [6.07, 6.45) is 3.94. The first-order chi connectivity index (χ1) is 6.04. The van der Waals surface area contributed by atoms with Gasteiger partial charge in [-0.3, -0.25) is 10.1 Å². The number of rotatable bonds is 2. The minimum Gasteiger partial charge on any atom is -0.478 e. The van der Waals surface area contributed by atoms with E-state index >= 15 is 0 Å². The van der Waals surface area contributed by atoms with Crippen LogP contribution in [0.2, 0.25) is 0 Å². The molecule has 0 saturated carbocycles. The Labute approximate surface area is 78.5 Å². The van der Waals surface area contributed by atoms with Crippen LogP contribution in [0.15, 0.2) is 23.8 Å². The van der Waals surface area contributed by atoms with Crippen LogP contribution in [-0.4, -0.2) is 26.9 Å². The number of carboxylic acid groups (broad SMARTS) is 1. The molecule has 1 aliphatic carbocycles. The van der Waals surface area contributed by atoms with Crippen molar-refractivity contribution in [1.29, 1.82) is 0 Å². The Bertz CT molecular complexity index is 344. The average molecular weight is 199 g/mol. The van der Waals surface area contributed by atoms with Gasteiger partial charge < -0.3 is 5.11 Å². The first kappa shape index (κ1) is 9.53. The van der Waals surface area contributed by atoms with Crippen molar-refractivity contribution in [2.24, 2.45) is 0 Å². The van der Waals surface area contributed by atoms with Gasteiger partial charge in [-0.15, -0.1) is 0 Å². The third-order valence-corrected chi connectivity index (χ3v) is 1.92. The maximum absolute atomic E-state index is 10.5. The molecule has 0 heterocycles. The van der Waals surface area contributed by atoms with Crippen LogP contribution in [0.4, 0.5) is 0 Å². The van der Waals surface area contributed by atoms with Gasteiger partial charge in [-0.05, 0) is 12.2 Å². The second-order valence-corrected chi connectivity index (χ2v) is 2.85. The van der Waals surface area contributed by atoms with E-state index in [0.717, 1.165) is 0 Å². The summed E-state index contributed by atoms with van der Waals surface area (Å²) in [5.74, 6) is -1.31. The summed E-state index contributed by atoms with van der Waals surface area (Å²) in [7, 11) is 0. The fraction of sp³-hybridized carbons (Fsp3) is 0.143. The van der Waals surface area contributed by atoms with Crippen LogP contribution in [0.25, 0.3) is 0 Å². The van der Waals surface area contributed by atoms with Crippen molar-refractivity contribution in [3.63, 3.8) is 0 Å². The topological polar surface area (TPSA) is 80.4 Å². The molecule has 6 heteroatoms. The smallest absolute Gasteiger partial charge is 0.338 e. The number of allylic oxidation sites excluding steroid dienone is 2. The van der Waals surface area contributed by atoms with E-state index in [2.05, 4.69) is 12.2 Å². The molecule has 0 aromatic carbocycles. The minimum atomic E-state index is -1.39. The molecular weight excluding hydrogens is 194 g/mol. The molecule has 0 spiro atoms. The molecule has 1 N–H and O–H groups in total. The molecule has 0 saturated heterocycles. The van der Waals surface area contributed by atoms with E-state index in [1.165, 1.54) is 18.2 Å². The Balaban J connectivity index is 3.10. The van der Waals surface area contributed by atoms with Crippen LogP contribution < -0.4 is 0 Å². The highest BCUT2D eigenvalue weighted by Crippen LogP contribution is 2.14. The summed E-state index contributed by atoms with van der Waals surface area (Å²) in [5.41, 5.74) is -0.294. The van der Waals surface area contributed by atoms with Gasteiger partial charge in [0.15, 0.2) is 0 Å². The van der Waals surface area contributed by atoms with E-state index in [1.807, 2.05) is 0 Å². The summed E-state index contributed by atoms with van der Waals surface area (Å²) >= 11 is 4.67. The summed E-state index contributed by atoms with van der Waals surface area (Å²) in [6, 6.07) is -1.39. The van der Waals surface area contributed by atoms with Crippen molar-refractivity contribution >= 4 is 23.1 Å². The summed E-state index contributed by atoms with van der Waals surface area (Å²) < 4.78 is 0. The SMILES string of the molecule is O=C(O)C1=CC=CC(=S)C1[N+](=O)[O-]. The predicted octanol–water partition coefficient (Wildman–Crippen LogP) is 0.582. The molecule has 0 aromatic heterocycles. The van der Waals surface area contributed by atoms with Crippen molar-refractivity contribution in [3.8, 4) is 0 Å². The summed E-state index contributed by atoms with van der Waals surface area (Å²) in [5, 5.41) is 19.1. The minimum absolute atomic E-state index is 0.0184. The van der Waals surface area contributed by atoms with E-state index in [1.54, 1.807) is 0 Å². The van der Waals surface area contributed by atoms with E-state index in [4.69, 9.17) is 5.11 Å². The third kappa shape index (κ3) is 1.78. The molecule has 68 valence electrons. The van der Waals surface area contributed by atoms with Crippen molar-refractivity contribution in [2.75, 3.05) is 0 Å². The Morgan fingerprint density at radius 3 is 2.69 bits per heavy atom. The van der Waals surface area contributed by atoms with Crippen molar-refractivity contribution in [2.45, 2.75) is 6.04 Å². The fourth-order valence-electron chi connectivity index (χ4n) is 0.988. The lowest BCUT2D eigenvalue weighted by Crippen LogP contribution is -2.33. The molecule has 1 unspecified atom stereocenters. The van der Waals surface area contributed by atoms with Gasteiger partial charge in [0.1, 0.15) is 5.57 Å². The van der Waals surface area contributed by atoms with Gasteiger partial charge in [-0.25, -0.2) is 4.79 Å². The molecule has 0 radical (unpaired) electrons. The molecule has 13 heavy (non-hydrogen) atoms. The van der Waals surface area contributed by atoms with Gasteiger partial charge >= 0.3 is 5.97 Å². The first-order valence-electron chi connectivity index (χ1n) is 3.33. The van der Waals surface area contributed by atoms with E-state index < -0.39 is 16.9 Å². The van der Waals surface area contributed by atoms with Crippen LogP contribution in [0.1, 0.15) is 0 Å². The van der Waals surface area contributed by atoms with Gasteiger partial charge in [-0.1, -0.05) is 18.3 Å². The lowest BCUT2D eigenvalue weighted by atomic mass is 10.00. The van der Waals surface area contributed by atoms with Crippen LogP contribution >= 0.6 is 12.2 Å². The standard InChI is InChI=1S/C7H5NO4S/c9-7(10)4-2-1-3-5(13)6(4)8(11)12/h1-3,6H,(H,9,10). The molecule has 0 aromatic rings. The molecule has 0 fully saturated rings. The zero-order valence-electron chi connectivity index (χ0n) is 6.34. The van der Waals surface area contributed by atoms with E-state index in [-0.39, 0.29) is 10.4 Å². The Morgan fingerprint density at radius 2 is 2.31 bits per heavy atom. The molecular formula is C7H5NO4S. The average Bonchev–Trinajstić information content (AvgIpc) is 2.02. The summed E-state index contributed by atoms with van der Waals surface area (Å²) in [4.78, 5) is 20.3. The van der Waals surface area contributed by atoms with Crippen molar-refractivity contribution in [3.05, 3.63) is 33.9 Å². The Kier molecular flexibility index (Phi) is 2.52. The van der Waals surface area contributed by atoms with Crippen molar-refractivity contribution in [1.82, 2.24) is 0 Å². The predicted molar refractivity (Wildman–Crippen MR) is 48.2 cm³/mol. The molecule has 1 aliphatic rings. The van der Waals surface area contributed by atoms with E-state index in [0.29, 0.717) is 0 Å². The number of nitrogens with zero attached hydrogens (tertiary/aromatic N) is 1. The zero-order chi connectivity index (χ0) is 10.0. The van der Waals surface area contributed by atoms with Gasteiger partial charge in [0.2, 0.25) is 0 Å². The number of carboxylic acids is 1. The quantitative estimate of drug-likeness (QED) is 0.399. The molecule has 5 nitrogen and oxygen atoms in total. The number of thiocarbonyl (C=S) groups is 1. The van der Waals surface area contributed by atoms with Gasteiger partial charge in [-0.2, -0.15) is 0 Å². The Morgan fingerprint density at radius 1 is 1.69 bits per heavy atom. The summed E-state index contributed by atoms with van der Waals surface area (Å²) in [6.45, 7) is 0. The number of nitro groups is 1. The normalized spacial score (nSPS) is 21.1. The van der Waals surface area contributed by atoms with Crippen LogP contribution in [0.3, 0.4) is 0 Å². The Hall–Kier alpha value is -1.56.